The number of carbonyl (C=O) groups is 1. The second kappa shape index (κ2) is 6.65. The van der Waals surface area contributed by atoms with Crippen molar-refractivity contribution >= 4 is 29.3 Å². The molecule has 3 rings (SSSR count). The zero-order valence-electron chi connectivity index (χ0n) is 13.2. The minimum atomic E-state index is -0.805. The van der Waals surface area contributed by atoms with Gasteiger partial charge in [0.1, 0.15) is 5.82 Å². The summed E-state index contributed by atoms with van der Waals surface area (Å²) >= 11 is 6.22. The van der Waals surface area contributed by atoms with Crippen LogP contribution in [0.2, 0.25) is 5.02 Å². The summed E-state index contributed by atoms with van der Waals surface area (Å²) in [6, 6.07) is 9.21. The maximum atomic E-state index is 12.0. The van der Waals surface area contributed by atoms with Gasteiger partial charge in [-0.2, -0.15) is 4.98 Å². The molecule has 2 aromatic rings. The van der Waals surface area contributed by atoms with E-state index in [0.717, 1.165) is 11.4 Å². The number of nitrogens with zero attached hydrogens (tertiary/aromatic N) is 3. The Morgan fingerprint density at radius 3 is 2.62 bits per heavy atom. The number of hydrogen-bond donors (Lipinski definition) is 2. The van der Waals surface area contributed by atoms with Crippen LogP contribution in [0.3, 0.4) is 0 Å². The third kappa shape index (κ3) is 3.28. The number of halogens is 1. The maximum absolute atomic E-state index is 12.0. The highest BCUT2D eigenvalue weighted by atomic mass is 35.5. The Labute approximate surface area is 145 Å². The minimum absolute atomic E-state index is 0.221. The first-order chi connectivity index (χ1) is 11.5. The van der Waals surface area contributed by atoms with Crippen LogP contribution >= 0.6 is 11.6 Å². The lowest BCUT2D eigenvalue weighted by Gasteiger charge is -2.39. The fraction of sp³-hybridized carbons (Fsp3) is 0.353. The van der Waals surface area contributed by atoms with Gasteiger partial charge in [-0.3, -0.25) is 4.79 Å². The normalized spacial score (nSPS) is 16.8. The lowest BCUT2D eigenvalue weighted by atomic mass is 9.74. The summed E-state index contributed by atoms with van der Waals surface area (Å²) in [5, 5.41) is 10.4. The molecule has 1 fully saturated rings. The zero-order chi connectivity index (χ0) is 17.2. The van der Waals surface area contributed by atoms with Gasteiger partial charge in [-0.05, 0) is 37.0 Å². The molecular formula is C17H19ClN4O2. The first-order valence-corrected chi connectivity index (χ1v) is 8.18. The molecule has 0 amide bonds. The van der Waals surface area contributed by atoms with E-state index in [1.807, 2.05) is 23.1 Å². The van der Waals surface area contributed by atoms with Gasteiger partial charge in [-0.25, -0.2) is 4.98 Å². The Balaban J connectivity index is 1.77. The van der Waals surface area contributed by atoms with Crippen molar-refractivity contribution in [1.29, 1.82) is 0 Å². The number of nitrogens with two attached hydrogens (primary N) is 1. The summed E-state index contributed by atoms with van der Waals surface area (Å²) < 4.78 is 0. The van der Waals surface area contributed by atoms with Crippen LogP contribution in [0.15, 0.2) is 36.5 Å². The van der Waals surface area contributed by atoms with E-state index in [-0.39, 0.29) is 5.95 Å². The maximum Gasteiger partial charge on any atom is 0.310 e. The summed E-state index contributed by atoms with van der Waals surface area (Å²) in [5.74, 6) is 0.183. The van der Waals surface area contributed by atoms with Crippen molar-refractivity contribution in [3.05, 3.63) is 47.1 Å². The molecule has 1 aliphatic rings. The molecular weight excluding hydrogens is 328 g/mol. The first kappa shape index (κ1) is 16.5. The van der Waals surface area contributed by atoms with Crippen molar-refractivity contribution in [3.8, 4) is 0 Å². The average Bonchev–Trinajstić information content (AvgIpc) is 2.57. The van der Waals surface area contributed by atoms with Crippen molar-refractivity contribution in [2.45, 2.75) is 19.3 Å². The largest absolute Gasteiger partial charge is 0.481 e. The van der Waals surface area contributed by atoms with Crippen LogP contribution in [0.1, 0.15) is 18.4 Å². The molecule has 6 nitrogen and oxygen atoms in total. The topological polar surface area (TPSA) is 92.3 Å². The van der Waals surface area contributed by atoms with E-state index in [1.165, 1.54) is 0 Å². The molecule has 3 N–H and O–H groups in total. The Morgan fingerprint density at radius 1 is 1.29 bits per heavy atom. The fourth-order valence-corrected chi connectivity index (χ4v) is 3.38. The highest BCUT2D eigenvalue weighted by Gasteiger charge is 2.42. The second-order valence-electron chi connectivity index (χ2n) is 6.11. The quantitative estimate of drug-likeness (QED) is 0.884. The van der Waals surface area contributed by atoms with E-state index in [2.05, 4.69) is 9.97 Å². The number of piperidine rings is 1. The molecule has 126 valence electrons. The van der Waals surface area contributed by atoms with Crippen molar-refractivity contribution in [2.24, 2.45) is 5.41 Å². The molecule has 0 radical (unpaired) electrons. The SMILES string of the molecule is Nc1nccc(N2CCC(Cc3ccccc3Cl)(C(=O)O)CC2)n1. The van der Waals surface area contributed by atoms with Crippen LogP contribution in [0.25, 0.3) is 0 Å². The molecule has 0 aliphatic carbocycles. The fourth-order valence-electron chi connectivity index (χ4n) is 3.18. The van der Waals surface area contributed by atoms with Crippen LogP contribution < -0.4 is 10.6 Å². The summed E-state index contributed by atoms with van der Waals surface area (Å²) in [7, 11) is 0. The van der Waals surface area contributed by atoms with E-state index in [9.17, 15) is 9.90 Å². The van der Waals surface area contributed by atoms with Crippen LogP contribution in [-0.4, -0.2) is 34.1 Å². The molecule has 0 bridgehead atoms. The third-order valence-corrected chi connectivity index (χ3v) is 5.01. The minimum Gasteiger partial charge on any atom is -0.481 e. The van der Waals surface area contributed by atoms with Gasteiger partial charge in [0, 0.05) is 24.3 Å². The van der Waals surface area contributed by atoms with Crippen molar-refractivity contribution < 1.29 is 9.90 Å². The number of anilines is 2. The van der Waals surface area contributed by atoms with Gasteiger partial charge >= 0.3 is 5.97 Å². The monoisotopic (exact) mass is 346 g/mol. The summed E-state index contributed by atoms with van der Waals surface area (Å²) in [6.07, 6.45) is 3.09. The number of nitrogen functional groups attached to an aromatic ring is 1. The highest BCUT2D eigenvalue weighted by molar-refractivity contribution is 6.31. The summed E-state index contributed by atoms with van der Waals surface area (Å²) in [4.78, 5) is 22.1. The Hall–Kier alpha value is -2.34. The van der Waals surface area contributed by atoms with Gasteiger partial charge in [-0.1, -0.05) is 29.8 Å². The van der Waals surface area contributed by atoms with Crippen LogP contribution in [0, 0.1) is 5.41 Å². The van der Waals surface area contributed by atoms with Crippen LogP contribution in [0.5, 0.6) is 0 Å². The molecule has 24 heavy (non-hydrogen) atoms. The highest BCUT2D eigenvalue weighted by Crippen LogP contribution is 2.38. The van der Waals surface area contributed by atoms with Crippen molar-refractivity contribution in [2.75, 3.05) is 23.7 Å². The first-order valence-electron chi connectivity index (χ1n) is 7.80. The van der Waals surface area contributed by atoms with Crippen molar-refractivity contribution in [3.63, 3.8) is 0 Å². The number of aromatic nitrogens is 2. The van der Waals surface area contributed by atoms with Gasteiger partial charge in [0.15, 0.2) is 0 Å². The van der Waals surface area contributed by atoms with Crippen molar-refractivity contribution in [1.82, 2.24) is 9.97 Å². The number of hydrogen-bond acceptors (Lipinski definition) is 5. The van der Waals surface area contributed by atoms with Crippen LogP contribution in [-0.2, 0) is 11.2 Å². The van der Waals surface area contributed by atoms with E-state index in [1.54, 1.807) is 18.3 Å². The number of aliphatic carboxylic acids is 1. The Bertz CT molecular complexity index is 745. The van der Waals surface area contributed by atoms with Gasteiger partial charge in [-0.15, -0.1) is 0 Å². The second-order valence-corrected chi connectivity index (χ2v) is 6.52. The lowest BCUT2D eigenvalue weighted by molar-refractivity contribution is -0.150. The van der Waals surface area contributed by atoms with Crippen LogP contribution in [0.4, 0.5) is 11.8 Å². The van der Waals surface area contributed by atoms with E-state index >= 15 is 0 Å². The molecule has 0 unspecified atom stereocenters. The lowest BCUT2D eigenvalue weighted by Crippen LogP contribution is -2.46. The molecule has 1 aliphatic heterocycles. The van der Waals surface area contributed by atoms with Gasteiger partial charge in [0.2, 0.25) is 5.95 Å². The number of benzene rings is 1. The molecule has 1 saturated heterocycles. The van der Waals surface area contributed by atoms with E-state index in [0.29, 0.717) is 37.4 Å². The number of carboxylic acid groups (broad SMARTS) is 1. The van der Waals surface area contributed by atoms with Gasteiger partial charge < -0.3 is 15.7 Å². The Morgan fingerprint density at radius 2 is 2.00 bits per heavy atom. The predicted octanol–water partition coefficient (Wildman–Crippen LogP) is 2.63. The molecule has 0 atom stereocenters. The molecule has 2 heterocycles. The third-order valence-electron chi connectivity index (χ3n) is 4.64. The molecule has 0 saturated carbocycles. The Kier molecular flexibility index (Phi) is 4.57. The van der Waals surface area contributed by atoms with Gasteiger partial charge in [0.25, 0.3) is 0 Å². The molecule has 0 spiro atoms. The number of rotatable bonds is 4. The van der Waals surface area contributed by atoms with E-state index < -0.39 is 11.4 Å². The van der Waals surface area contributed by atoms with E-state index in [4.69, 9.17) is 17.3 Å². The molecule has 1 aromatic carbocycles. The molecule has 7 heteroatoms. The smallest absolute Gasteiger partial charge is 0.310 e. The molecule has 1 aromatic heterocycles. The zero-order valence-corrected chi connectivity index (χ0v) is 13.9. The average molecular weight is 347 g/mol. The van der Waals surface area contributed by atoms with Gasteiger partial charge in [0.05, 0.1) is 5.41 Å². The number of carboxylic acids is 1. The summed E-state index contributed by atoms with van der Waals surface area (Å²) in [5.41, 5.74) is 5.70. The predicted molar refractivity (Wildman–Crippen MR) is 93.1 cm³/mol. The summed E-state index contributed by atoms with van der Waals surface area (Å²) in [6.45, 7) is 1.21. The standard InChI is InChI=1S/C17H19ClN4O2/c18-13-4-2-1-3-12(13)11-17(15(23)24)6-9-22(10-7-17)14-5-8-20-16(19)21-14/h1-5,8H,6-7,9-11H2,(H,23,24)(H2,19,20,21).